The van der Waals surface area contributed by atoms with Gasteiger partial charge in [0.15, 0.2) is 0 Å². The van der Waals surface area contributed by atoms with Crippen LogP contribution in [0, 0.1) is 19.8 Å². The highest BCUT2D eigenvalue weighted by molar-refractivity contribution is 5.70. The first-order valence-corrected chi connectivity index (χ1v) is 6.22. The molecule has 0 amide bonds. The average molecular weight is 236 g/mol. The van der Waals surface area contributed by atoms with Crippen LogP contribution in [0.1, 0.15) is 37.1 Å². The van der Waals surface area contributed by atoms with Crippen LogP contribution in [0.15, 0.2) is 12.1 Å². The second kappa shape index (κ2) is 4.82. The highest BCUT2D eigenvalue weighted by Crippen LogP contribution is 2.25. The monoisotopic (exact) mass is 236 g/mol. The van der Waals surface area contributed by atoms with Crippen molar-refractivity contribution in [2.24, 2.45) is 5.92 Å². The van der Waals surface area contributed by atoms with Gasteiger partial charge in [0.05, 0.1) is 5.92 Å². The molecule has 1 heterocycles. The van der Waals surface area contributed by atoms with Gasteiger partial charge >= 0.3 is 5.97 Å². The number of rotatable bonds is 3. The van der Waals surface area contributed by atoms with Gasteiger partial charge in [-0.2, -0.15) is 0 Å². The number of aromatic nitrogens is 1. The van der Waals surface area contributed by atoms with Gasteiger partial charge in [-0.05, 0) is 45.2 Å². The van der Waals surface area contributed by atoms with Crippen LogP contribution in [0.3, 0.4) is 0 Å². The molecule has 2 unspecified atom stereocenters. The van der Waals surface area contributed by atoms with E-state index >= 15 is 0 Å². The molecule has 1 fully saturated rings. The lowest BCUT2D eigenvalue weighted by atomic mass is 9.86. The first kappa shape index (κ1) is 12.0. The fourth-order valence-corrected chi connectivity index (χ4v) is 2.59. The van der Waals surface area contributed by atoms with E-state index < -0.39 is 5.97 Å². The van der Waals surface area contributed by atoms with Gasteiger partial charge in [-0.15, -0.1) is 0 Å². The second-order valence-electron chi connectivity index (χ2n) is 4.98. The number of nitrogens with one attached hydrogen (secondary N) is 1. The molecule has 0 aliphatic heterocycles. The molecule has 0 bridgehead atoms. The smallest absolute Gasteiger partial charge is 0.306 e. The van der Waals surface area contributed by atoms with Gasteiger partial charge in [0, 0.05) is 17.4 Å². The van der Waals surface area contributed by atoms with Gasteiger partial charge in [0.2, 0.25) is 0 Å². The molecule has 1 aromatic heterocycles. The number of hydrogen-bond donors (Lipinski definition) is 2. The molecule has 1 aliphatic carbocycles. The molecule has 1 aromatic rings. The van der Waals surface area contributed by atoms with Crippen molar-refractivity contribution in [2.45, 2.75) is 45.6 Å². The number of aryl methyl sites for hydroxylation is 2. The molecule has 2 N–H and O–H groups in total. The van der Waals surface area contributed by atoms with E-state index in [-0.39, 0.29) is 12.0 Å². The van der Waals surface area contributed by atoms with E-state index in [1.807, 2.05) is 0 Å². The summed E-state index contributed by atoms with van der Waals surface area (Å²) in [5, 5.41) is 9.06. The van der Waals surface area contributed by atoms with Crippen molar-refractivity contribution in [1.29, 1.82) is 0 Å². The van der Waals surface area contributed by atoms with E-state index in [0.717, 1.165) is 25.7 Å². The molecule has 2 atom stereocenters. The van der Waals surface area contributed by atoms with Crippen molar-refractivity contribution in [3.05, 3.63) is 23.5 Å². The Morgan fingerprint density at radius 1 is 1.35 bits per heavy atom. The molecular formula is C13H20N2O2. The van der Waals surface area contributed by atoms with Crippen LogP contribution in [-0.4, -0.2) is 21.8 Å². The third kappa shape index (κ3) is 2.62. The Balaban J connectivity index is 2.02. The maximum absolute atomic E-state index is 11.0. The summed E-state index contributed by atoms with van der Waals surface area (Å²) in [5.74, 6) is -0.838. The van der Waals surface area contributed by atoms with E-state index in [4.69, 9.17) is 5.11 Å². The largest absolute Gasteiger partial charge is 0.481 e. The average Bonchev–Trinajstić information content (AvgIpc) is 2.61. The Kier molecular flexibility index (Phi) is 3.41. The minimum atomic E-state index is -0.655. The van der Waals surface area contributed by atoms with Crippen LogP contribution in [0.2, 0.25) is 0 Å². The van der Waals surface area contributed by atoms with Crippen LogP contribution in [0.4, 0.5) is 0 Å². The highest BCUT2D eigenvalue weighted by atomic mass is 16.4. The SMILES string of the molecule is Cc1ccc(C)n1NC1CCCC(C(=O)O)C1. The van der Waals surface area contributed by atoms with Crippen molar-refractivity contribution in [1.82, 2.24) is 4.68 Å². The molecule has 0 spiro atoms. The molecule has 1 aliphatic rings. The number of aliphatic carboxylic acids is 1. The van der Waals surface area contributed by atoms with Gasteiger partial charge in [-0.1, -0.05) is 6.42 Å². The Morgan fingerprint density at radius 3 is 2.59 bits per heavy atom. The summed E-state index contributed by atoms with van der Waals surface area (Å²) in [5.41, 5.74) is 5.77. The summed E-state index contributed by atoms with van der Waals surface area (Å²) in [6.45, 7) is 4.11. The lowest BCUT2D eigenvalue weighted by molar-refractivity contribution is -0.142. The Labute approximate surface area is 102 Å². The zero-order valence-corrected chi connectivity index (χ0v) is 10.4. The third-order valence-corrected chi connectivity index (χ3v) is 3.61. The first-order chi connectivity index (χ1) is 8.08. The Bertz CT molecular complexity index is 392. The zero-order chi connectivity index (χ0) is 12.4. The first-order valence-electron chi connectivity index (χ1n) is 6.22. The van der Waals surface area contributed by atoms with Crippen LogP contribution in [-0.2, 0) is 4.79 Å². The number of carbonyl (C=O) groups is 1. The number of hydrogen-bond acceptors (Lipinski definition) is 2. The van der Waals surface area contributed by atoms with Gasteiger partial charge in [-0.3, -0.25) is 9.47 Å². The predicted molar refractivity (Wildman–Crippen MR) is 66.6 cm³/mol. The van der Waals surface area contributed by atoms with Crippen molar-refractivity contribution in [2.75, 3.05) is 5.43 Å². The summed E-state index contributed by atoms with van der Waals surface area (Å²) in [6, 6.07) is 4.41. The normalized spacial score (nSPS) is 24.6. The summed E-state index contributed by atoms with van der Waals surface area (Å²) < 4.78 is 2.06. The molecule has 0 aromatic carbocycles. The highest BCUT2D eigenvalue weighted by Gasteiger charge is 2.27. The van der Waals surface area contributed by atoms with Crippen LogP contribution < -0.4 is 5.43 Å². The van der Waals surface area contributed by atoms with Gasteiger partial charge in [0.25, 0.3) is 0 Å². The lowest BCUT2D eigenvalue weighted by Crippen LogP contribution is -2.36. The molecule has 17 heavy (non-hydrogen) atoms. The summed E-state index contributed by atoms with van der Waals surface area (Å²) >= 11 is 0. The van der Waals surface area contributed by atoms with Crippen molar-refractivity contribution in [3.63, 3.8) is 0 Å². The quantitative estimate of drug-likeness (QED) is 0.846. The topological polar surface area (TPSA) is 54.3 Å². The number of carboxylic acid groups (broad SMARTS) is 1. The molecule has 1 saturated carbocycles. The Morgan fingerprint density at radius 2 is 2.00 bits per heavy atom. The third-order valence-electron chi connectivity index (χ3n) is 3.61. The molecule has 0 saturated heterocycles. The molecule has 94 valence electrons. The fraction of sp³-hybridized carbons (Fsp3) is 0.615. The minimum absolute atomic E-state index is 0.183. The lowest BCUT2D eigenvalue weighted by Gasteiger charge is -2.29. The van der Waals surface area contributed by atoms with E-state index in [1.54, 1.807) is 0 Å². The van der Waals surface area contributed by atoms with Gasteiger partial charge < -0.3 is 10.5 Å². The zero-order valence-electron chi connectivity index (χ0n) is 10.4. The maximum atomic E-state index is 11.0. The van der Waals surface area contributed by atoms with Crippen LogP contribution in [0.25, 0.3) is 0 Å². The van der Waals surface area contributed by atoms with Gasteiger partial charge in [-0.25, -0.2) is 0 Å². The maximum Gasteiger partial charge on any atom is 0.306 e. The molecule has 0 radical (unpaired) electrons. The fourth-order valence-electron chi connectivity index (χ4n) is 2.59. The molecular weight excluding hydrogens is 216 g/mol. The van der Waals surface area contributed by atoms with E-state index in [0.29, 0.717) is 0 Å². The molecule has 2 rings (SSSR count). The van der Waals surface area contributed by atoms with Crippen molar-refractivity contribution >= 4 is 5.97 Å². The number of nitrogens with zero attached hydrogens (tertiary/aromatic N) is 1. The predicted octanol–water partition coefficient (Wildman–Crippen LogP) is 2.29. The summed E-state index contributed by atoms with van der Waals surface area (Å²) in [6.07, 6.45) is 3.60. The Hall–Kier alpha value is -1.45. The molecule has 4 nitrogen and oxygen atoms in total. The second-order valence-corrected chi connectivity index (χ2v) is 4.98. The van der Waals surface area contributed by atoms with E-state index in [9.17, 15) is 4.79 Å². The van der Waals surface area contributed by atoms with E-state index in [1.165, 1.54) is 11.4 Å². The number of carboxylic acids is 1. The molecule has 4 heteroatoms. The minimum Gasteiger partial charge on any atom is -0.481 e. The van der Waals surface area contributed by atoms with Crippen molar-refractivity contribution < 1.29 is 9.90 Å². The summed E-state index contributed by atoms with van der Waals surface area (Å²) in [7, 11) is 0. The van der Waals surface area contributed by atoms with Gasteiger partial charge in [0.1, 0.15) is 0 Å². The van der Waals surface area contributed by atoms with Crippen LogP contribution in [0.5, 0.6) is 0 Å². The van der Waals surface area contributed by atoms with Crippen molar-refractivity contribution in [3.8, 4) is 0 Å². The standard InChI is InChI=1S/C13H20N2O2/c1-9-6-7-10(2)15(9)14-12-5-3-4-11(8-12)13(16)17/h6-7,11-12,14H,3-5,8H2,1-2H3,(H,16,17). The summed E-state index contributed by atoms with van der Waals surface area (Å²) in [4.78, 5) is 11.0. The van der Waals surface area contributed by atoms with Crippen LogP contribution >= 0.6 is 0 Å². The van der Waals surface area contributed by atoms with E-state index in [2.05, 4.69) is 36.1 Å².